The van der Waals surface area contributed by atoms with Crippen molar-refractivity contribution >= 4 is 32.2 Å². The van der Waals surface area contributed by atoms with Gasteiger partial charge in [0.25, 0.3) is 0 Å². The van der Waals surface area contributed by atoms with Crippen LogP contribution in [-0.2, 0) is 5.33 Å². The SMILES string of the molecule is BrCc1cccc2cc3cccc[n+]3cc12. The lowest BCUT2D eigenvalue weighted by Gasteiger charge is -2.01. The molecule has 0 aliphatic rings. The molecule has 2 aromatic heterocycles. The van der Waals surface area contributed by atoms with E-state index in [1.165, 1.54) is 21.9 Å². The first kappa shape index (κ1) is 9.79. The molecule has 0 saturated heterocycles. The van der Waals surface area contributed by atoms with Crippen LogP contribution in [0.25, 0.3) is 16.3 Å². The highest BCUT2D eigenvalue weighted by molar-refractivity contribution is 9.08. The number of hydrogen-bond donors (Lipinski definition) is 0. The summed E-state index contributed by atoms with van der Waals surface area (Å²) in [5.74, 6) is 0. The van der Waals surface area contributed by atoms with Crippen LogP contribution in [-0.4, -0.2) is 0 Å². The molecule has 16 heavy (non-hydrogen) atoms. The minimum absolute atomic E-state index is 0.892. The number of nitrogens with zero attached hydrogens (tertiary/aromatic N) is 1. The van der Waals surface area contributed by atoms with Crippen molar-refractivity contribution in [2.45, 2.75) is 5.33 Å². The summed E-state index contributed by atoms with van der Waals surface area (Å²) < 4.78 is 2.16. The predicted octanol–water partition coefficient (Wildman–Crippen LogP) is 3.47. The summed E-state index contributed by atoms with van der Waals surface area (Å²) in [4.78, 5) is 0. The van der Waals surface area contributed by atoms with Gasteiger partial charge in [-0.1, -0.05) is 34.1 Å². The van der Waals surface area contributed by atoms with Crippen LogP contribution >= 0.6 is 15.9 Å². The van der Waals surface area contributed by atoms with Crippen LogP contribution in [0.15, 0.2) is 54.9 Å². The molecule has 1 aromatic carbocycles. The summed E-state index contributed by atoms with van der Waals surface area (Å²) in [5.41, 5.74) is 2.55. The van der Waals surface area contributed by atoms with Crippen molar-refractivity contribution in [2.24, 2.45) is 0 Å². The van der Waals surface area contributed by atoms with Gasteiger partial charge in [0.05, 0.1) is 5.39 Å². The maximum Gasteiger partial charge on any atom is 0.211 e. The highest BCUT2D eigenvalue weighted by Crippen LogP contribution is 2.20. The van der Waals surface area contributed by atoms with Gasteiger partial charge in [0.2, 0.25) is 5.52 Å². The van der Waals surface area contributed by atoms with E-state index < -0.39 is 0 Å². The van der Waals surface area contributed by atoms with Gasteiger partial charge in [-0.15, -0.1) is 0 Å². The quantitative estimate of drug-likeness (QED) is 0.363. The third kappa shape index (κ3) is 1.50. The Morgan fingerprint density at radius 2 is 2.00 bits per heavy atom. The lowest BCUT2D eigenvalue weighted by molar-refractivity contribution is -0.510. The number of rotatable bonds is 1. The molecular formula is C14H11BrN+. The molecule has 0 N–H and O–H groups in total. The fraction of sp³-hybridized carbons (Fsp3) is 0.0714. The van der Waals surface area contributed by atoms with Gasteiger partial charge >= 0.3 is 0 Å². The van der Waals surface area contributed by atoms with E-state index in [1.807, 2.05) is 0 Å². The molecule has 0 bridgehead atoms. The third-order valence-corrected chi connectivity index (χ3v) is 3.47. The average Bonchev–Trinajstić information content (AvgIpc) is 2.35. The van der Waals surface area contributed by atoms with Crippen molar-refractivity contribution in [1.29, 1.82) is 0 Å². The Morgan fingerprint density at radius 3 is 2.88 bits per heavy atom. The Balaban J connectivity index is 2.46. The molecule has 0 aliphatic heterocycles. The van der Waals surface area contributed by atoms with Crippen LogP contribution in [0.2, 0.25) is 0 Å². The fourth-order valence-corrected chi connectivity index (χ4v) is 2.53. The zero-order valence-electron chi connectivity index (χ0n) is 8.73. The molecule has 2 heterocycles. The topological polar surface area (TPSA) is 4.10 Å². The van der Waals surface area contributed by atoms with Gasteiger partial charge in [-0.05, 0) is 17.0 Å². The average molecular weight is 273 g/mol. The first-order valence-corrected chi connectivity index (χ1v) is 6.38. The van der Waals surface area contributed by atoms with Crippen molar-refractivity contribution in [2.75, 3.05) is 0 Å². The molecule has 0 spiro atoms. The van der Waals surface area contributed by atoms with E-state index in [9.17, 15) is 0 Å². The highest BCUT2D eigenvalue weighted by atomic mass is 79.9. The van der Waals surface area contributed by atoms with Crippen molar-refractivity contribution in [3.05, 3.63) is 60.4 Å². The van der Waals surface area contributed by atoms with Crippen molar-refractivity contribution in [3.63, 3.8) is 0 Å². The zero-order chi connectivity index (χ0) is 11.0. The summed E-state index contributed by atoms with van der Waals surface area (Å²) >= 11 is 3.53. The number of benzene rings is 1. The first-order chi connectivity index (χ1) is 7.88. The molecule has 0 aliphatic carbocycles. The van der Waals surface area contributed by atoms with Crippen LogP contribution in [0.4, 0.5) is 0 Å². The fourth-order valence-electron chi connectivity index (χ4n) is 2.04. The summed E-state index contributed by atoms with van der Waals surface area (Å²) in [6.45, 7) is 0. The van der Waals surface area contributed by atoms with Crippen LogP contribution in [0.1, 0.15) is 5.56 Å². The molecule has 0 radical (unpaired) electrons. The predicted molar refractivity (Wildman–Crippen MR) is 69.7 cm³/mol. The molecule has 0 amide bonds. The van der Waals surface area contributed by atoms with E-state index in [0.717, 1.165) is 5.33 Å². The van der Waals surface area contributed by atoms with E-state index >= 15 is 0 Å². The maximum absolute atomic E-state index is 3.53. The number of alkyl halides is 1. The standard InChI is InChI=1S/C14H11BrN/c15-9-12-5-3-4-11-8-13-6-1-2-7-16(13)10-14(11)12/h1-8,10H,9H2/q+1. The summed E-state index contributed by atoms with van der Waals surface area (Å²) in [6, 6.07) is 14.9. The minimum Gasteiger partial charge on any atom is -0.167 e. The van der Waals surface area contributed by atoms with E-state index in [2.05, 4.69) is 75.2 Å². The second kappa shape index (κ2) is 3.87. The highest BCUT2D eigenvalue weighted by Gasteiger charge is 2.06. The normalized spacial score (nSPS) is 11.1. The Kier molecular flexibility index (Phi) is 2.37. The van der Waals surface area contributed by atoms with Crippen LogP contribution in [0.5, 0.6) is 0 Å². The second-order valence-electron chi connectivity index (χ2n) is 3.86. The number of aromatic nitrogens is 1. The zero-order valence-corrected chi connectivity index (χ0v) is 10.3. The molecule has 0 unspecified atom stereocenters. The largest absolute Gasteiger partial charge is 0.211 e. The summed E-state index contributed by atoms with van der Waals surface area (Å²) in [5, 5.41) is 3.50. The molecule has 0 atom stereocenters. The Labute approximate surface area is 102 Å². The number of pyridine rings is 2. The Hall–Kier alpha value is -1.41. The van der Waals surface area contributed by atoms with Gasteiger partial charge in [0, 0.05) is 23.5 Å². The monoisotopic (exact) mass is 272 g/mol. The summed E-state index contributed by atoms with van der Waals surface area (Å²) in [6.07, 6.45) is 4.28. The molecule has 0 fully saturated rings. The maximum atomic E-state index is 3.53. The third-order valence-electron chi connectivity index (χ3n) is 2.87. The number of hydrogen-bond acceptors (Lipinski definition) is 0. The van der Waals surface area contributed by atoms with Crippen molar-refractivity contribution in [3.8, 4) is 0 Å². The molecule has 1 nitrogen and oxygen atoms in total. The van der Waals surface area contributed by atoms with Crippen molar-refractivity contribution in [1.82, 2.24) is 0 Å². The number of halogens is 1. The Bertz CT molecular complexity index is 661. The van der Waals surface area contributed by atoms with Gasteiger partial charge in [-0.2, -0.15) is 4.40 Å². The molecule has 78 valence electrons. The molecule has 0 saturated carbocycles. The van der Waals surface area contributed by atoms with Gasteiger partial charge in [-0.25, -0.2) is 0 Å². The Morgan fingerprint density at radius 1 is 1.06 bits per heavy atom. The lowest BCUT2D eigenvalue weighted by atomic mass is 10.1. The van der Waals surface area contributed by atoms with Crippen LogP contribution in [0.3, 0.4) is 0 Å². The number of fused-ring (bicyclic) bond motifs is 2. The van der Waals surface area contributed by atoms with Crippen molar-refractivity contribution < 1.29 is 4.40 Å². The van der Waals surface area contributed by atoms with Gasteiger partial charge in [-0.3, -0.25) is 0 Å². The van der Waals surface area contributed by atoms with E-state index in [1.54, 1.807) is 0 Å². The minimum atomic E-state index is 0.892. The molecule has 2 heteroatoms. The van der Waals surface area contributed by atoms with Crippen LogP contribution in [0, 0.1) is 0 Å². The molecule has 3 aromatic rings. The van der Waals surface area contributed by atoms with E-state index in [0.29, 0.717) is 0 Å². The molecule has 3 rings (SSSR count). The van der Waals surface area contributed by atoms with E-state index in [4.69, 9.17) is 0 Å². The molecular weight excluding hydrogens is 262 g/mol. The second-order valence-corrected chi connectivity index (χ2v) is 4.42. The lowest BCUT2D eigenvalue weighted by Crippen LogP contribution is -2.19. The first-order valence-electron chi connectivity index (χ1n) is 5.26. The van der Waals surface area contributed by atoms with E-state index in [-0.39, 0.29) is 0 Å². The van der Waals surface area contributed by atoms with Gasteiger partial charge in [0.1, 0.15) is 0 Å². The van der Waals surface area contributed by atoms with Gasteiger partial charge in [0.15, 0.2) is 12.4 Å². The summed E-state index contributed by atoms with van der Waals surface area (Å²) in [7, 11) is 0. The van der Waals surface area contributed by atoms with Gasteiger partial charge < -0.3 is 0 Å². The smallest absolute Gasteiger partial charge is 0.167 e. The van der Waals surface area contributed by atoms with Crippen LogP contribution < -0.4 is 4.40 Å².